The van der Waals surface area contributed by atoms with Gasteiger partial charge in [0.1, 0.15) is 23.7 Å². The molecule has 0 radical (unpaired) electrons. The summed E-state index contributed by atoms with van der Waals surface area (Å²) in [5.74, 6) is -2.77. The third-order valence-electron chi connectivity index (χ3n) is 6.10. The second kappa shape index (κ2) is 8.96. The first kappa shape index (κ1) is 23.5. The maximum absolute atomic E-state index is 14.3. The zero-order valence-corrected chi connectivity index (χ0v) is 17.9. The molecule has 1 saturated carbocycles. The van der Waals surface area contributed by atoms with E-state index in [1.807, 2.05) is 0 Å². The second-order valence-corrected chi connectivity index (χ2v) is 8.30. The van der Waals surface area contributed by atoms with Crippen LogP contribution in [0.15, 0.2) is 54.6 Å². The Morgan fingerprint density at radius 3 is 2.38 bits per heavy atom. The molecule has 0 aromatic heterocycles. The maximum atomic E-state index is 14.3. The molecule has 3 aromatic carbocycles. The number of carbonyl (C=O) groups is 2. The number of nitrogens with one attached hydrogen (secondary N) is 1. The number of halogens is 4. The van der Waals surface area contributed by atoms with Crippen LogP contribution in [0.25, 0.3) is 10.8 Å². The number of carboxylic acids is 1. The predicted octanol–water partition coefficient (Wildman–Crippen LogP) is 5.70. The fourth-order valence-electron chi connectivity index (χ4n) is 4.22. The van der Waals surface area contributed by atoms with Gasteiger partial charge in [-0.1, -0.05) is 49.2 Å². The highest BCUT2D eigenvalue weighted by atomic mass is 19.4. The smallest absolute Gasteiger partial charge is 0.416 e. The van der Waals surface area contributed by atoms with Gasteiger partial charge in [-0.25, -0.2) is 9.18 Å². The summed E-state index contributed by atoms with van der Waals surface area (Å²) in [7, 11) is 0. The van der Waals surface area contributed by atoms with E-state index in [1.165, 1.54) is 6.07 Å². The van der Waals surface area contributed by atoms with Gasteiger partial charge in [0.15, 0.2) is 0 Å². The molecule has 0 atom stereocenters. The minimum atomic E-state index is -4.68. The van der Waals surface area contributed by atoms with E-state index in [0.717, 1.165) is 17.5 Å². The molecule has 34 heavy (non-hydrogen) atoms. The number of amides is 1. The van der Waals surface area contributed by atoms with E-state index in [4.69, 9.17) is 4.74 Å². The Labute approximate surface area is 192 Å². The lowest BCUT2D eigenvalue weighted by molar-refractivity contribution is -0.144. The molecule has 0 bridgehead atoms. The Morgan fingerprint density at radius 1 is 1.03 bits per heavy atom. The lowest BCUT2D eigenvalue weighted by Crippen LogP contribution is -2.52. The molecule has 178 valence electrons. The number of carboxylic acid groups (broad SMARTS) is 1. The Kier molecular flexibility index (Phi) is 6.20. The highest BCUT2D eigenvalue weighted by molar-refractivity contribution is 6.05. The molecule has 0 spiro atoms. The third-order valence-corrected chi connectivity index (χ3v) is 6.10. The van der Waals surface area contributed by atoms with Gasteiger partial charge in [0.25, 0.3) is 5.91 Å². The maximum Gasteiger partial charge on any atom is 0.416 e. The summed E-state index contributed by atoms with van der Waals surface area (Å²) in [6, 6.07) is 12.3. The first-order valence-corrected chi connectivity index (χ1v) is 10.7. The average molecular weight is 475 g/mol. The quantitative estimate of drug-likeness (QED) is 0.448. The lowest BCUT2D eigenvalue weighted by atomic mass is 9.96. The van der Waals surface area contributed by atoms with Gasteiger partial charge in [-0.2, -0.15) is 13.2 Å². The van der Waals surface area contributed by atoms with Crippen molar-refractivity contribution in [3.8, 4) is 5.75 Å². The fraction of sp³-hybridized carbons (Fsp3) is 0.280. The predicted molar refractivity (Wildman–Crippen MR) is 116 cm³/mol. The average Bonchev–Trinajstić information content (AvgIpc) is 3.27. The van der Waals surface area contributed by atoms with Gasteiger partial charge < -0.3 is 15.2 Å². The zero-order valence-electron chi connectivity index (χ0n) is 17.9. The highest BCUT2D eigenvalue weighted by Crippen LogP contribution is 2.35. The number of hydrogen-bond acceptors (Lipinski definition) is 3. The van der Waals surface area contributed by atoms with Crippen LogP contribution >= 0.6 is 0 Å². The van der Waals surface area contributed by atoms with Crippen molar-refractivity contribution >= 4 is 22.6 Å². The van der Waals surface area contributed by atoms with E-state index in [-0.39, 0.29) is 16.9 Å². The number of carbonyl (C=O) groups excluding carboxylic acids is 1. The molecular formula is C25H21F4NO4. The number of ether oxygens (including phenoxy) is 1. The molecule has 0 heterocycles. The van der Waals surface area contributed by atoms with E-state index in [2.05, 4.69) is 5.32 Å². The first-order chi connectivity index (χ1) is 16.1. The van der Waals surface area contributed by atoms with Crippen molar-refractivity contribution in [1.29, 1.82) is 0 Å². The summed E-state index contributed by atoms with van der Waals surface area (Å²) in [5, 5.41) is 13.6. The van der Waals surface area contributed by atoms with Crippen molar-refractivity contribution in [2.75, 3.05) is 0 Å². The molecule has 1 fully saturated rings. The molecule has 2 N–H and O–H groups in total. The molecular weight excluding hydrogens is 454 g/mol. The van der Waals surface area contributed by atoms with Gasteiger partial charge in [0, 0.05) is 10.9 Å². The summed E-state index contributed by atoms with van der Waals surface area (Å²) in [6.45, 7) is -0.428. The van der Waals surface area contributed by atoms with Crippen LogP contribution in [-0.2, 0) is 17.6 Å². The van der Waals surface area contributed by atoms with Crippen LogP contribution in [0, 0.1) is 5.82 Å². The molecule has 3 aromatic rings. The molecule has 0 aliphatic heterocycles. The highest BCUT2D eigenvalue weighted by Gasteiger charge is 2.43. The zero-order chi connectivity index (χ0) is 24.5. The Bertz CT molecular complexity index is 1250. The summed E-state index contributed by atoms with van der Waals surface area (Å²) in [6.07, 6.45) is -2.74. The van der Waals surface area contributed by atoms with E-state index in [0.29, 0.717) is 37.1 Å². The van der Waals surface area contributed by atoms with E-state index < -0.39 is 41.6 Å². The molecule has 1 aliphatic carbocycles. The van der Waals surface area contributed by atoms with Gasteiger partial charge in [-0.15, -0.1) is 0 Å². The summed E-state index contributed by atoms with van der Waals surface area (Å²) < 4.78 is 58.6. The van der Waals surface area contributed by atoms with Crippen LogP contribution in [0.4, 0.5) is 17.6 Å². The van der Waals surface area contributed by atoms with Crippen molar-refractivity contribution in [3.63, 3.8) is 0 Å². The molecule has 9 heteroatoms. The number of aliphatic carboxylic acids is 1. The van der Waals surface area contributed by atoms with Crippen molar-refractivity contribution in [3.05, 3.63) is 77.1 Å². The summed E-state index contributed by atoms with van der Waals surface area (Å²) in [5.41, 5.74) is -2.56. The number of fused-ring (bicyclic) bond motifs is 1. The van der Waals surface area contributed by atoms with Crippen molar-refractivity contribution in [2.45, 2.75) is 44.0 Å². The number of alkyl halides is 3. The number of benzene rings is 3. The SMILES string of the molecule is O=C(NC1(C(=O)O)CCCC1)c1ccc2ccccc2c1OCc1ccc(C(F)(F)F)cc1F. The van der Waals surface area contributed by atoms with Gasteiger partial charge >= 0.3 is 12.1 Å². The number of rotatable bonds is 6. The topological polar surface area (TPSA) is 75.6 Å². The third kappa shape index (κ3) is 4.55. The largest absolute Gasteiger partial charge is 0.487 e. The minimum absolute atomic E-state index is 0.0542. The summed E-state index contributed by atoms with van der Waals surface area (Å²) >= 11 is 0. The van der Waals surface area contributed by atoms with Crippen LogP contribution < -0.4 is 10.1 Å². The van der Waals surface area contributed by atoms with Crippen molar-refractivity contribution in [1.82, 2.24) is 5.32 Å². The lowest BCUT2D eigenvalue weighted by Gasteiger charge is -2.26. The van der Waals surface area contributed by atoms with Crippen LogP contribution in [0.3, 0.4) is 0 Å². The molecule has 0 saturated heterocycles. The molecule has 1 amide bonds. The normalized spacial score (nSPS) is 15.3. The summed E-state index contributed by atoms with van der Waals surface area (Å²) in [4.78, 5) is 25.0. The molecule has 1 aliphatic rings. The Morgan fingerprint density at radius 2 is 1.74 bits per heavy atom. The minimum Gasteiger partial charge on any atom is -0.487 e. The van der Waals surface area contributed by atoms with Gasteiger partial charge in [-0.3, -0.25) is 4.79 Å². The van der Waals surface area contributed by atoms with Gasteiger partial charge in [0.2, 0.25) is 0 Å². The van der Waals surface area contributed by atoms with Crippen LogP contribution in [0.5, 0.6) is 5.75 Å². The second-order valence-electron chi connectivity index (χ2n) is 8.30. The van der Waals surface area contributed by atoms with Gasteiger partial charge in [-0.05, 0) is 36.4 Å². The van der Waals surface area contributed by atoms with Crippen LogP contribution in [0.2, 0.25) is 0 Å². The standard InChI is InChI=1S/C25H21F4NO4/c26-20-13-17(25(27,28)29)9-7-16(20)14-34-21-18-6-2-1-5-15(18)8-10-19(21)22(31)30-24(23(32)33)11-3-4-12-24/h1-2,5-10,13H,3-4,11-12,14H2,(H,30,31)(H,32,33). The Balaban J connectivity index is 1.67. The van der Waals surface area contributed by atoms with Gasteiger partial charge in [0.05, 0.1) is 11.1 Å². The fourth-order valence-corrected chi connectivity index (χ4v) is 4.22. The van der Waals surface area contributed by atoms with Crippen LogP contribution in [0.1, 0.15) is 47.2 Å². The van der Waals surface area contributed by atoms with E-state index in [9.17, 15) is 32.3 Å². The first-order valence-electron chi connectivity index (χ1n) is 10.7. The molecule has 5 nitrogen and oxygen atoms in total. The van der Waals surface area contributed by atoms with Crippen LogP contribution in [-0.4, -0.2) is 22.5 Å². The van der Waals surface area contributed by atoms with Crippen molar-refractivity contribution < 1.29 is 37.0 Å². The van der Waals surface area contributed by atoms with E-state index >= 15 is 0 Å². The monoisotopic (exact) mass is 475 g/mol. The number of hydrogen-bond donors (Lipinski definition) is 2. The Hall–Kier alpha value is -3.62. The van der Waals surface area contributed by atoms with E-state index in [1.54, 1.807) is 30.3 Å². The van der Waals surface area contributed by atoms with Crippen molar-refractivity contribution in [2.24, 2.45) is 0 Å². The molecule has 4 rings (SSSR count). The molecule has 0 unspecified atom stereocenters.